The van der Waals surface area contributed by atoms with Crippen molar-refractivity contribution in [2.75, 3.05) is 6.26 Å². The van der Waals surface area contributed by atoms with Crippen LogP contribution in [0.25, 0.3) is 0 Å². The lowest BCUT2D eigenvalue weighted by Crippen LogP contribution is -2.00. The smallest absolute Gasteiger partial charge is 0.192 e. The first-order valence-electron chi connectivity index (χ1n) is 2.97. The molecule has 0 radical (unpaired) electrons. The normalized spacial score (nSPS) is 11.5. The van der Waals surface area contributed by atoms with Crippen molar-refractivity contribution in [1.29, 1.82) is 0 Å². The molecule has 0 aliphatic heterocycles. The summed E-state index contributed by atoms with van der Waals surface area (Å²) in [6, 6.07) is 2.58. The number of sulfone groups is 1. The Morgan fingerprint density at radius 3 is 2.50 bits per heavy atom. The fourth-order valence-electron chi connectivity index (χ4n) is 0.617. The Hall–Kier alpha value is -0.370. The molecule has 1 heterocycles. The Labute approximate surface area is 83.7 Å². The lowest BCUT2D eigenvalue weighted by molar-refractivity contribution is 0.466. The second kappa shape index (κ2) is 3.17. The molecule has 0 unspecified atom stereocenters. The zero-order valence-electron chi connectivity index (χ0n) is 6.15. The summed E-state index contributed by atoms with van der Waals surface area (Å²) in [6.45, 7) is 0. The molecule has 12 heavy (non-hydrogen) atoms. The number of rotatable bonds is 1. The largest absolute Gasteiger partial charge is 0.505 e. The van der Waals surface area contributed by atoms with Crippen LogP contribution in [0.3, 0.4) is 0 Å². The van der Waals surface area contributed by atoms with Gasteiger partial charge in [-0.05, 0) is 34.7 Å². The van der Waals surface area contributed by atoms with E-state index in [0.717, 1.165) is 6.26 Å². The summed E-state index contributed by atoms with van der Waals surface area (Å²) < 4.78 is 22.2. The highest BCUT2D eigenvalue weighted by Crippen LogP contribution is 2.18. The van der Waals surface area contributed by atoms with E-state index in [2.05, 4.69) is 4.98 Å². The molecular weight excluding hydrogens is 293 g/mol. The summed E-state index contributed by atoms with van der Waals surface area (Å²) in [5.74, 6) is -0.0111. The third-order valence-corrected chi connectivity index (χ3v) is 2.96. The van der Waals surface area contributed by atoms with Gasteiger partial charge < -0.3 is 5.11 Å². The molecule has 0 spiro atoms. The van der Waals surface area contributed by atoms with Crippen LogP contribution >= 0.6 is 22.6 Å². The number of hydrogen-bond acceptors (Lipinski definition) is 4. The van der Waals surface area contributed by atoms with E-state index in [1.54, 1.807) is 22.6 Å². The Kier molecular flexibility index (Phi) is 2.57. The number of nitrogens with zero attached hydrogens (tertiary/aromatic N) is 1. The molecule has 0 saturated heterocycles. The van der Waals surface area contributed by atoms with E-state index in [1.807, 2.05) is 0 Å². The molecule has 0 amide bonds. The van der Waals surface area contributed by atoms with Crippen LogP contribution in [0.5, 0.6) is 5.75 Å². The Morgan fingerprint density at radius 2 is 2.08 bits per heavy atom. The SMILES string of the molecule is CS(=O)(=O)c1ccc(O)c(I)n1. The van der Waals surface area contributed by atoms with Crippen LogP contribution in [-0.2, 0) is 9.84 Å². The first-order valence-corrected chi connectivity index (χ1v) is 5.94. The Morgan fingerprint density at radius 1 is 1.50 bits per heavy atom. The standard InChI is InChI=1S/C6H6INO3S/c1-12(10,11)5-3-2-4(9)6(7)8-5/h2-3,9H,1H3. The molecule has 1 aromatic heterocycles. The fraction of sp³-hybridized carbons (Fsp3) is 0.167. The lowest BCUT2D eigenvalue weighted by atomic mass is 10.5. The molecule has 0 aromatic carbocycles. The van der Waals surface area contributed by atoms with Crippen LogP contribution in [0.2, 0.25) is 0 Å². The van der Waals surface area contributed by atoms with E-state index in [9.17, 15) is 8.42 Å². The first-order chi connectivity index (χ1) is 5.41. The van der Waals surface area contributed by atoms with Gasteiger partial charge in [0.05, 0.1) is 0 Å². The van der Waals surface area contributed by atoms with E-state index in [-0.39, 0.29) is 14.5 Å². The third-order valence-electron chi connectivity index (χ3n) is 1.18. The summed E-state index contributed by atoms with van der Waals surface area (Å²) in [5, 5.41) is 9.02. The first kappa shape index (κ1) is 9.72. The van der Waals surface area contributed by atoms with Gasteiger partial charge >= 0.3 is 0 Å². The maximum Gasteiger partial charge on any atom is 0.192 e. The molecular formula is C6H6INO3S. The van der Waals surface area contributed by atoms with Crippen molar-refractivity contribution >= 4 is 32.4 Å². The third kappa shape index (κ3) is 2.07. The second-order valence-corrected chi connectivity index (χ2v) is 5.22. The fourth-order valence-corrected chi connectivity index (χ4v) is 1.79. The van der Waals surface area contributed by atoms with Gasteiger partial charge in [0, 0.05) is 6.26 Å². The highest BCUT2D eigenvalue weighted by Gasteiger charge is 2.10. The molecule has 0 fully saturated rings. The summed E-state index contributed by atoms with van der Waals surface area (Å²) >= 11 is 1.76. The zero-order valence-corrected chi connectivity index (χ0v) is 9.13. The Bertz CT molecular complexity index is 401. The van der Waals surface area contributed by atoms with Gasteiger partial charge in [-0.3, -0.25) is 0 Å². The average molecular weight is 299 g/mol. The average Bonchev–Trinajstić information content (AvgIpc) is 1.92. The number of hydrogen-bond donors (Lipinski definition) is 1. The van der Waals surface area contributed by atoms with Crippen molar-refractivity contribution in [3.05, 3.63) is 15.8 Å². The predicted molar refractivity (Wildman–Crippen MR) is 51.7 cm³/mol. The summed E-state index contributed by atoms with van der Waals surface area (Å²) in [6.07, 6.45) is 1.07. The maximum atomic E-state index is 10.9. The van der Waals surface area contributed by atoms with Crippen LogP contribution in [0.15, 0.2) is 17.2 Å². The van der Waals surface area contributed by atoms with E-state index < -0.39 is 9.84 Å². The highest BCUT2D eigenvalue weighted by atomic mass is 127. The lowest BCUT2D eigenvalue weighted by Gasteiger charge is -1.98. The number of aromatic nitrogens is 1. The van der Waals surface area contributed by atoms with Crippen LogP contribution in [0.4, 0.5) is 0 Å². The minimum atomic E-state index is -3.27. The highest BCUT2D eigenvalue weighted by molar-refractivity contribution is 14.1. The molecule has 66 valence electrons. The summed E-state index contributed by atoms with van der Waals surface area (Å²) in [5.41, 5.74) is 0. The minimum absolute atomic E-state index is 0.0111. The molecule has 0 bridgehead atoms. The van der Waals surface area contributed by atoms with Crippen molar-refractivity contribution in [2.45, 2.75) is 5.03 Å². The number of halogens is 1. The van der Waals surface area contributed by atoms with Crippen LogP contribution in [-0.4, -0.2) is 24.8 Å². The summed E-state index contributed by atoms with van der Waals surface area (Å²) in [4.78, 5) is 3.69. The molecule has 1 aromatic rings. The minimum Gasteiger partial charge on any atom is -0.505 e. The molecule has 1 N–H and O–H groups in total. The van der Waals surface area contributed by atoms with Crippen molar-refractivity contribution in [1.82, 2.24) is 4.98 Å². The van der Waals surface area contributed by atoms with E-state index >= 15 is 0 Å². The second-order valence-electron chi connectivity index (χ2n) is 2.23. The number of pyridine rings is 1. The molecule has 4 nitrogen and oxygen atoms in total. The van der Waals surface area contributed by atoms with Gasteiger partial charge in [-0.15, -0.1) is 0 Å². The van der Waals surface area contributed by atoms with Crippen molar-refractivity contribution in [3.63, 3.8) is 0 Å². The predicted octanol–water partition coefficient (Wildman–Crippen LogP) is 0.795. The van der Waals surface area contributed by atoms with Gasteiger partial charge in [-0.1, -0.05) is 0 Å². The van der Waals surface area contributed by atoms with Gasteiger partial charge in [0.25, 0.3) is 0 Å². The van der Waals surface area contributed by atoms with Crippen LogP contribution < -0.4 is 0 Å². The maximum absolute atomic E-state index is 10.9. The van der Waals surface area contributed by atoms with E-state index in [4.69, 9.17) is 5.11 Å². The quantitative estimate of drug-likeness (QED) is 0.615. The number of aromatic hydroxyl groups is 1. The van der Waals surface area contributed by atoms with Crippen LogP contribution in [0, 0.1) is 3.70 Å². The summed E-state index contributed by atoms with van der Waals surface area (Å²) in [7, 11) is -3.27. The van der Waals surface area contributed by atoms with Gasteiger partial charge in [0.2, 0.25) is 0 Å². The Balaban J connectivity index is 3.33. The molecule has 0 saturated carbocycles. The van der Waals surface area contributed by atoms with Crippen molar-refractivity contribution in [2.24, 2.45) is 0 Å². The monoisotopic (exact) mass is 299 g/mol. The zero-order chi connectivity index (χ0) is 9.35. The topological polar surface area (TPSA) is 67.3 Å². The van der Waals surface area contributed by atoms with E-state index in [1.165, 1.54) is 12.1 Å². The van der Waals surface area contributed by atoms with E-state index in [0.29, 0.717) is 0 Å². The molecule has 1 rings (SSSR count). The van der Waals surface area contributed by atoms with Crippen LogP contribution in [0.1, 0.15) is 0 Å². The van der Waals surface area contributed by atoms with Gasteiger partial charge in [0.15, 0.2) is 14.9 Å². The molecule has 6 heteroatoms. The molecule has 0 aliphatic rings. The van der Waals surface area contributed by atoms with Gasteiger partial charge in [-0.2, -0.15) is 0 Å². The molecule has 0 atom stereocenters. The van der Waals surface area contributed by atoms with Gasteiger partial charge in [0.1, 0.15) is 9.45 Å². The van der Waals surface area contributed by atoms with Gasteiger partial charge in [-0.25, -0.2) is 13.4 Å². The molecule has 0 aliphatic carbocycles. The van der Waals surface area contributed by atoms with Crippen molar-refractivity contribution in [3.8, 4) is 5.75 Å². The van der Waals surface area contributed by atoms with Crippen molar-refractivity contribution < 1.29 is 13.5 Å².